The standard InChI is InChI=1S/C17H18N2O2/c1-4-10-19(11-5-2)17-18-16(20)12-15(21-17)14-8-6-13(3)7-9-14/h4-9,12H,1-2,10-11H2,3H3. The van der Waals surface area contributed by atoms with E-state index >= 15 is 0 Å². The number of rotatable bonds is 6. The second-order valence-corrected chi connectivity index (χ2v) is 4.69. The summed E-state index contributed by atoms with van der Waals surface area (Å²) in [5.41, 5.74) is 1.67. The fourth-order valence-corrected chi connectivity index (χ4v) is 1.93. The molecule has 0 radical (unpaired) electrons. The van der Waals surface area contributed by atoms with Crippen LogP contribution in [0.1, 0.15) is 5.56 Å². The molecule has 0 bridgehead atoms. The molecule has 0 amide bonds. The van der Waals surface area contributed by atoms with Gasteiger partial charge in [0.15, 0.2) is 0 Å². The zero-order valence-corrected chi connectivity index (χ0v) is 12.1. The van der Waals surface area contributed by atoms with Crippen LogP contribution in [0.15, 0.2) is 64.9 Å². The molecule has 0 aliphatic rings. The molecule has 21 heavy (non-hydrogen) atoms. The van der Waals surface area contributed by atoms with Gasteiger partial charge in [-0.3, -0.25) is 4.79 Å². The fraction of sp³-hybridized carbons (Fsp3) is 0.176. The van der Waals surface area contributed by atoms with Crippen molar-refractivity contribution in [2.45, 2.75) is 6.92 Å². The summed E-state index contributed by atoms with van der Waals surface area (Å²) in [6.07, 6.45) is 3.45. The van der Waals surface area contributed by atoms with Crippen LogP contribution in [0.4, 0.5) is 6.01 Å². The highest BCUT2D eigenvalue weighted by atomic mass is 16.4. The van der Waals surface area contributed by atoms with E-state index in [4.69, 9.17) is 4.42 Å². The Kier molecular flexibility index (Phi) is 4.72. The summed E-state index contributed by atoms with van der Waals surface area (Å²) in [4.78, 5) is 17.5. The van der Waals surface area contributed by atoms with E-state index in [1.54, 1.807) is 17.1 Å². The van der Waals surface area contributed by atoms with Crippen LogP contribution in [0.5, 0.6) is 0 Å². The van der Waals surface area contributed by atoms with E-state index in [9.17, 15) is 4.79 Å². The maximum absolute atomic E-state index is 11.8. The summed E-state index contributed by atoms with van der Waals surface area (Å²) in [5.74, 6) is 0.503. The van der Waals surface area contributed by atoms with Crippen molar-refractivity contribution in [2.24, 2.45) is 0 Å². The van der Waals surface area contributed by atoms with E-state index in [0.29, 0.717) is 18.8 Å². The van der Waals surface area contributed by atoms with E-state index in [2.05, 4.69) is 18.1 Å². The molecule has 0 unspecified atom stereocenters. The van der Waals surface area contributed by atoms with Gasteiger partial charge < -0.3 is 9.32 Å². The largest absolute Gasteiger partial charge is 0.425 e. The average molecular weight is 282 g/mol. The maximum Gasteiger partial charge on any atom is 0.301 e. The Morgan fingerprint density at radius 3 is 2.38 bits per heavy atom. The van der Waals surface area contributed by atoms with Gasteiger partial charge >= 0.3 is 6.01 Å². The Labute approximate surface area is 124 Å². The molecule has 2 rings (SSSR count). The molecule has 0 aliphatic heterocycles. The van der Waals surface area contributed by atoms with Crippen molar-refractivity contribution < 1.29 is 4.42 Å². The molecule has 0 N–H and O–H groups in total. The topological polar surface area (TPSA) is 46.3 Å². The van der Waals surface area contributed by atoms with Gasteiger partial charge in [0.25, 0.3) is 5.56 Å². The third-order valence-electron chi connectivity index (χ3n) is 2.97. The molecule has 0 saturated carbocycles. The lowest BCUT2D eigenvalue weighted by atomic mass is 10.1. The summed E-state index contributed by atoms with van der Waals surface area (Å²) in [6, 6.07) is 9.46. The Hall–Kier alpha value is -2.62. The van der Waals surface area contributed by atoms with Crippen molar-refractivity contribution in [2.75, 3.05) is 18.0 Å². The molecule has 108 valence electrons. The van der Waals surface area contributed by atoms with Crippen LogP contribution in [0, 0.1) is 6.92 Å². The van der Waals surface area contributed by atoms with Gasteiger partial charge in [0.1, 0.15) is 5.76 Å². The lowest BCUT2D eigenvalue weighted by Crippen LogP contribution is -2.26. The second-order valence-electron chi connectivity index (χ2n) is 4.69. The van der Waals surface area contributed by atoms with E-state index < -0.39 is 0 Å². The lowest BCUT2D eigenvalue weighted by Gasteiger charge is -2.18. The molecule has 1 aromatic carbocycles. The predicted octanol–water partition coefficient (Wildman–Crippen LogP) is 3.19. The second kappa shape index (κ2) is 6.70. The molecular formula is C17H18N2O2. The fourth-order valence-electron chi connectivity index (χ4n) is 1.93. The molecule has 0 atom stereocenters. The molecule has 0 aliphatic carbocycles. The van der Waals surface area contributed by atoms with Gasteiger partial charge in [-0.2, -0.15) is 4.98 Å². The number of benzene rings is 1. The molecule has 1 heterocycles. The minimum absolute atomic E-state index is 0.276. The van der Waals surface area contributed by atoms with Gasteiger partial charge in [0.2, 0.25) is 0 Å². The van der Waals surface area contributed by atoms with Crippen LogP contribution in [0.3, 0.4) is 0 Å². The number of aryl methyl sites for hydroxylation is 1. The molecule has 1 aromatic heterocycles. The molecule has 0 saturated heterocycles. The third kappa shape index (κ3) is 3.69. The van der Waals surface area contributed by atoms with Crippen molar-refractivity contribution in [3.63, 3.8) is 0 Å². The van der Waals surface area contributed by atoms with Crippen molar-refractivity contribution in [1.82, 2.24) is 4.98 Å². The van der Waals surface area contributed by atoms with Gasteiger partial charge in [0.05, 0.1) is 0 Å². The van der Waals surface area contributed by atoms with Crippen molar-refractivity contribution >= 4 is 6.01 Å². The van der Waals surface area contributed by atoms with Crippen LogP contribution >= 0.6 is 0 Å². The molecule has 4 heteroatoms. The van der Waals surface area contributed by atoms with Crippen molar-refractivity contribution in [3.8, 4) is 11.3 Å². The number of anilines is 1. The van der Waals surface area contributed by atoms with Gasteiger partial charge in [-0.15, -0.1) is 13.2 Å². The van der Waals surface area contributed by atoms with Crippen molar-refractivity contribution in [1.29, 1.82) is 0 Å². The quantitative estimate of drug-likeness (QED) is 0.763. The Bertz CT molecular complexity index is 677. The van der Waals surface area contributed by atoms with E-state index in [1.165, 1.54) is 6.07 Å². The Morgan fingerprint density at radius 2 is 1.81 bits per heavy atom. The first-order chi connectivity index (χ1) is 10.1. The molecule has 0 fully saturated rings. The average Bonchev–Trinajstić information content (AvgIpc) is 2.47. The van der Waals surface area contributed by atoms with Gasteiger partial charge in [-0.25, -0.2) is 0 Å². The normalized spacial score (nSPS) is 10.1. The first-order valence-corrected chi connectivity index (χ1v) is 6.70. The third-order valence-corrected chi connectivity index (χ3v) is 2.97. The number of nitrogens with zero attached hydrogens (tertiary/aromatic N) is 2. The minimum Gasteiger partial charge on any atom is -0.425 e. The minimum atomic E-state index is -0.329. The highest BCUT2D eigenvalue weighted by Gasteiger charge is 2.11. The van der Waals surface area contributed by atoms with Crippen molar-refractivity contribution in [3.05, 3.63) is 71.6 Å². The molecule has 4 nitrogen and oxygen atoms in total. The summed E-state index contributed by atoms with van der Waals surface area (Å²) in [6.45, 7) is 10.5. The summed E-state index contributed by atoms with van der Waals surface area (Å²) in [7, 11) is 0. The monoisotopic (exact) mass is 282 g/mol. The maximum atomic E-state index is 11.8. The zero-order chi connectivity index (χ0) is 15.2. The number of hydrogen-bond acceptors (Lipinski definition) is 4. The number of hydrogen-bond donors (Lipinski definition) is 0. The Morgan fingerprint density at radius 1 is 1.19 bits per heavy atom. The Balaban J connectivity index is 2.44. The van der Waals surface area contributed by atoms with E-state index in [-0.39, 0.29) is 11.6 Å². The first-order valence-electron chi connectivity index (χ1n) is 6.70. The van der Waals surface area contributed by atoms with Gasteiger partial charge in [0, 0.05) is 24.7 Å². The summed E-state index contributed by atoms with van der Waals surface area (Å²) >= 11 is 0. The van der Waals surface area contributed by atoms with Crippen LogP contribution in [-0.2, 0) is 0 Å². The highest BCUT2D eigenvalue weighted by Crippen LogP contribution is 2.22. The van der Waals surface area contributed by atoms with Gasteiger partial charge in [-0.05, 0) is 6.92 Å². The smallest absolute Gasteiger partial charge is 0.301 e. The van der Waals surface area contributed by atoms with Crippen LogP contribution in [0.2, 0.25) is 0 Å². The molecule has 2 aromatic rings. The first kappa shape index (κ1) is 14.8. The SMILES string of the molecule is C=CCN(CC=C)c1nc(=O)cc(-c2ccc(C)cc2)o1. The molecule has 0 spiro atoms. The van der Waals surface area contributed by atoms with E-state index in [1.807, 2.05) is 31.2 Å². The number of aromatic nitrogens is 1. The van der Waals surface area contributed by atoms with Crippen LogP contribution in [-0.4, -0.2) is 18.1 Å². The van der Waals surface area contributed by atoms with Crippen LogP contribution < -0.4 is 10.5 Å². The zero-order valence-electron chi connectivity index (χ0n) is 12.1. The molecular weight excluding hydrogens is 264 g/mol. The van der Waals surface area contributed by atoms with E-state index in [0.717, 1.165) is 11.1 Å². The predicted molar refractivity (Wildman–Crippen MR) is 85.6 cm³/mol. The highest BCUT2D eigenvalue weighted by molar-refractivity contribution is 5.57. The van der Waals surface area contributed by atoms with Crippen LogP contribution in [0.25, 0.3) is 11.3 Å². The summed E-state index contributed by atoms with van der Waals surface area (Å²) in [5, 5.41) is 0. The van der Waals surface area contributed by atoms with Gasteiger partial charge in [-0.1, -0.05) is 42.0 Å². The summed E-state index contributed by atoms with van der Waals surface area (Å²) < 4.78 is 5.77. The lowest BCUT2D eigenvalue weighted by molar-refractivity contribution is 0.529.